The minimum atomic E-state index is -2.01. The highest BCUT2D eigenvalue weighted by Crippen LogP contribution is 2.67. The van der Waals surface area contributed by atoms with E-state index in [2.05, 4.69) is 6.58 Å². The molecule has 0 bridgehead atoms. The van der Waals surface area contributed by atoms with Crippen molar-refractivity contribution < 1.29 is 34.1 Å². The molecule has 2 fully saturated rings. The van der Waals surface area contributed by atoms with Crippen molar-refractivity contribution in [2.75, 3.05) is 6.07 Å². The number of aliphatic hydroxyl groups is 2. The number of esters is 2. The van der Waals surface area contributed by atoms with Gasteiger partial charge in [0.2, 0.25) is 0 Å². The fourth-order valence-corrected chi connectivity index (χ4v) is 6.72. The molecule has 7 nitrogen and oxygen atoms in total. The largest absolute Gasteiger partial charge is 0.447 e. The lowest BCUT2D eigenvalue weighted by atomic mass is 9.47. The van der Waals surface area contributed by atoms with Gasteiger partial charge in [-0.05, 0) is 48.5 Å². The monoisotopic (exact) mass is 462 g/mol. The van der Waals surface area contributed by atoms with E-state index in [-0.39, 0.29) is 35.7 Å². The quantitative estimate of drug-likeness (QED) is 0.376. The Labute approximate surface area is 191 Å². The Morgan fingerprint density at radius 2 is 2.03 bits per heavy atom. The van der Waals surface area contributed by atoms with E-state index >= 15 is 0 Å². The Bertz CT molecular complexity index is 1010. The van der Waals surface area contributed by atoms with Crippen molar-refractivity contribution in [1.29, 1.82) is 0 Å². The lowest BCUT2D eigenvalue weighted by Gasteiger charge is -2.57. The molecule has 4 aliphatic rings. The number of ketones is 1. The van der Waals surface area contributed by atoms with Gasteiger partial charge in [-0.1, -0.05) is 38.1 Å². The average molecular weight is 463 g/mol. The van der Waals surface area contributed by atoms with Crippen LogP contribution in [0.1, 0.15) is 33.6 Å². The molecule has 0 heterocycles. The number of aliphatic hydroxyl groups excluding tert-OH is 1. The Hall–Kier alpha value is -2.22. The summed E-state index contributed by atoms with van der Waals surface area (Å²) in [5.41, 5.74) is -3.04. The van der Waals surface area contributed by atoms with E-state index in [1.54, 1.807) is 19.1 Å². The van der Waals surface area contributed by atoms with E-state index in [0.717, 1.165) is 0 Å². The first kappa shape index (κ1) is 23.0. The zero-order valence-corrected chi connectivity index (χ0v) is 19.0. The van der Waals surface area contributed by atoms with Crippen LogP contribution in [0.4, 0.5) is 0 Å². The molecule has 0 radical (unpaired) electrons. The fraction of sp³-hybridized carbons (Fsp3) is 0.542. The molecule has 0 spiro atoms. The van der Waals surface area contributed by atoms with Gasteiger partial charge in [0.05, 0.1) is 6.10 Å². The molecule has 2 saturated carbocycles. The van der Waals surface area contributed by atoms with Gasteiger partial charge in [-0.3, -0.25) is 9.59 Å². The van der Waals surface area contributed by atoms with E-state index in [4.69, 9.17) is 21.1 Å². The van der Waals surface area contributed by atoms with Crippen LogP contribution in [0.5, 0.6) is 0 Å². The van der Waals surface area contributed by atoms with Crippen molar-refractivity contribution in [3.63, 3.8) is 0 Å². The van der Waals surface area contributed by atoms with Crippen molar-refractivity contribution in [2.45, 2.75) is 45.3 Å². The van der Waals surface area contributed by atoms with Crippen LogP contribution in [-0.4, -0.2) is 45.7 Å². The lowest BCUT2D eigenvalue weighted by molar-refractivity contribution is -0.185. The Morgan fingerprint density at radius 1 is 1.34 bits per heavy atom. The van der Waals surface area contributed by atoms with Crippen LogP contribution in [0.25, 0.3) is 0 Å². The van der Waals surface area contributed by atoms with Gasteiger partial charge in [0.1, 0.15) is 5.76 Å². The van der Waals surface area contributed by atoms with Gasteiger partial charge in [-0.2, -0.15) is 0 Å². The molecule has 32 heavy (non-hydrogen) atoms. The summed E-state index contributed by atoms with van der Waals surface area (Å²) in [5.74, 6) is -2.41. The van der Waals surface area contributed by atoms with Crippen LogP contribution >= 0.6 is 11.6 Å². The third-order valence-corrected chi connectivity index (χ3v) is 8.16. The average Bonchev–Trinajstić information content (AvgIpc) is 2.90. The van der Waals surface area contributed by atoms with Gasteiger partial charge in [0.15, 0.2) is 17.5 Å². The number of hydrogen-bond donors (Lipinski definition) is 2. The summed E-state index contributed by atoms with van der Waals surface area (Å²) >= 11 is 5.59. The summed E-state index contributed by atoms with van der Waals surface area (Å²) < 4.78 is 10.5. The zero-order chi connectivity index (χ0) is 23.6. The van der Waals surface area contributed by atoms with Crippen molar-refractivity contribution >= 4 is 29.3 Å². The Morgan fingerprint density at radius 3 is 2.66 bits per heavy atom. The molecule has 0 saturated heterocycles. The number of fused-ring (bicyclic) bond motifs is 5. The molecule has 0 amide bonds. The topological polar surface area (TPSA) is 110 Å². The smallest absolute Gasteiger partial charge is 0.344 e. The fourth-order valence-electron chi connectivity index (χ4n) is 6.62. The van der Waals surface area contributed by atoms with Gasteiger partial charge in [-0.15, -0.1) is 0 Å². The SMILES string of the molecule is C=C1C[C@H]2[C@@H]3C=C(OC(C)=O)C4=CC(=O)C=C[C@]4(C)[C@H]3[C@@H](O)C[C@]2(C)[C@@]1(O)C(=O)OCCl. The molecule has 0 aromatic heterocycles. The van der Waals surface area contributed by atoms with E-state index in [1.807, 2.05) is 6.92 Å². The third-order valence-electron chi connectivity index (χ3n) is 8.05. The van der Waals surface area contributed by atoms with Gasteiger partial charge in [-0.25, -0.2) is 4.79 Å². The molecule has 0 aromatic rings. The summed E-state index contributed by atoms with van der Waals surface area (Å²) in [4.78, 5) is 36.8. The molecule has 8 heteroatoms. The number of carbonyl (C=O) groups is 3. The minimum Gasteiger partial charge on any atom is -0.447 e. The molecular weight excluding hydrogens is 436 g/mol. The van der Waals surface area contributed by atoms with Gasteiger partial charge < -0.3 is 19.7 Å². The molecular formula is C24H27ClO7. The van der Waals surface area contributed by atoms with E-state index in [1.165, 1.54) is 19.1 Å². The maximum absolute atomic E-state index is 12.8. The number of allylic oxidation sites excluding steroid dienone is 5. The lowest BCUT2D eigenvalue weighted by Crippen LogP contribution is -2.61. The highest BCUT2D eigenvalue weighted by molar-refractivity contribution is 6.17. The Kier molecular flexibility index (Phi) is 5.31. The van der Waals surface area contributed by atoms with Crippen LogP contribution in [0.15, 0.2) is 47.8 Å². The molecule has 7 atom stereocenters. The van der Waals surface area contributed by atoms with Gasteiger partial charge in [0.25, 0.3) is 0 Å². The first-order valence-electron chi connectivity index (χ1n) is 10.6. The normalized spacial score (nSPS) is 42.3. The summed E-state index contributed by atoms with van der Waals surface area (Å²) in [6.07, 6.45) is 5.91. The van der Waals surface area contributed by atoms with Crippen molar-refractivity contribution in [3.8, 4) is 0 Å². The Balaban J connectivity index is 1.88. The predicted molar refractivity (Wildman–Crippen MR) is 115 cm³/mol. The maximum Gasteiger partial charge on any atom is 0.344 e. The van der Waals surface area contributed by atoms with Gasteiger partial charge in [0, 0.05) is 29.2 Å². The van der Waals surface area contributed by atoms with Crippen molar-refractivity contribution in [3.05, 3.63) is 47.8 Å². The summed E-state index contributed by atoms with van der Waals surface area (Å²) in [6, 6.07) is -0.411. The highest BCUT2D eigenvalue weighted by atomic mass is 35.5. The molecule has 172 valence electrons. The molecule has 0 unspecified atom stereocenters. The van der Waals surface area contributed by atoms with E-state index in [0.29, 0.717) is 17.6 Å². The number of ether oxygens (including phenoxy) is 2. The number of hydrogen-bond acceptors (Lipinski definition) is 7. The second-order valence-electron chi connectivity index (χ2n) is 9.66. The van der Waals surface area contributed by atoms with Crippen molar-refractivity contribution in [2.24, 2.45) is 28.6 Å². The zero-order valence-electron chi connectivity index (χ0n) is 18.3. The van der Waals surface area contributed by atoms with Crippen LogP contribution in [0.3, 0.4) is 0 Å². The molecule has 4 rings (SSSR count). The summed E-state index contributed by atoms with van der Waals surface area (Å²) in [5, 5.41) is 22.9. The predicted octanol–water partition coefficient (Wildman–Crippen LogP) is 2.57. The minimum absolute atomic E-state index is 0.118. The number of rotatable bonds is 3. The standard InChI is InChI=1S/C24H27ClO7/c1-12-7-16-15-9-19(32-13(2)26)17-8-14(27)5-6-22(17,3)20(15)18(28)10-23(16,4)24(12,30)21(29)31-11-25/h5-6,8-9,15-16,18,20,28,30H,1,7,10-11H2,2-4H3/t15-,16-,18-,20+,22-,23-,24-/m0/s1. The summed E-state index contributed by atoms with van der Waals surface area (Å²) in [6.45, 7) is 8.90. The number of halogens is 1. The van der Waals surface area contributed by atoms with E-state index in [9.17, 15) is 24.6 Å². The second-order valence-corrected chi connectivity index (χ2v) is 9.88. The molecule has 0 aliphatic heterocycles. The highest BCUT2D eigenvalue weighted by Gasteiger charge is 2.70. The maximum atomic E-state index is 12.8. The van der Waals surface area contributed by atoms with Crippen LogP contribution in [-0.2, 0) is 23.9 Å². The number of alkyl halides is 1. The summed E-state index contributed by atoms with van der Waals surface area (Å²) in [7, 11) is 0. The van der Waals surface area contributed by atoms with Gasteiger partial charge >= 0.3 is 11.9 Å². The third kappa shape index (κ3) is 2.91. The molecule has 4 aliphatic carbocycles. The van der Waals surface area contributed by atoms with Crippen LogP contribution in [0.2, 0.25) is 0 Å². The molecule has 2 N–H and O–H groups in total. The van der Waals surface area contributed by atoms with Crippen molar-refractivity contribution in [1.82, 2.24) is 0 Å². The second kappa shape index (κ2) is 7.40. The van der Waals surface area contributed by atoms with Crippen LogP contribution in [0, 0.1) is 28.6 Å². The first-order chi connectivity index (χ1) is 14.9. The van der Waals surface area contributed by atoms with E-state index < -0.39 is 40.5 Å². The number of carbonyl (C=O) groups excluding carboxylic acids is 3. The van der Waals surface area contributed by atoms with Crippen LogP contribution < -0.4 is 0 Å². The first-order valence-corrected chi connectivity index (χ1v) is 11.1. The molecule has 0 aromatic carbocycles.